The van der Waals surface area contributed by atoms with Crippen molar-refractivity contribution in [2.45, 2.75) is 26.8 Å². The van der Waals surface area contributed by atoms with Crippen LogP contribution in [0.3, 0.4) is 0 Å². The number of hydrogen-bond donors (Lipinski definition) is 1. The molecule has 1 N–H and O–H groups in total. The number of benzene rings is 1. The molecule has 0 aromatic heterocycles. The van der Waals surface area contributed by atoms with Gasteiger partial charge in [0, 0.05) is 16.9 Å². The van der Waals surface area contributed by atoms with E-state index in [0.717, 1.165) is 10.6 Å². The topological polar surface area (TPSA) is 38.3 Å². The summed E-state index contributed by atoms with van der Waals surface area (Å²) in [5.74, 6) is -0.431. The van der Waals surface area contributed by atoms with E-state index >= 15 is 0 Å². The van der Waals surface area contributed by atoms with Crippen LogP contribution >= 0.6 is 12.2 Å². The molecule has 1 heterocycles. The fraction of sp³-hybridized carbons (Fsp3) is 0.368. The predicted octanol–water partition coefficient (Wildman–Crippen LogP) is 3.76. The normalized spacial score (nSPS) is 19.7. The lowest BCUT2D eigenvalue weighted by Gasteiger charge is -2.28. The van der Waals surface area contributed by atoms with Gasteiger partial charge in [-0.25, -0.2) is 4.79 Å². The Morgan fingerprint density at radius 2 is 2.04 bits per heavy atom. The van der Waals surface area contributed by atoms with E-state index < -0.39 is 0 Å². The number of rotatable bonds is 4. The minimum atomic E-state index is -0.323. The van der Waals surface area contributed by atoms with E-state index in [2.05, 4.69) is 32.7 Å². The van der Waals surface area contributed by atoms with Gasteiger partial charge in [0.15, 0.2) is 0 Å². The highest BCUT2D eigenvalue weighted by molar-refractivity contribution is 7.80. The van der Waals surface area contributed by atoms with Crippen molar-refractivity contribution in [2.24, 2.45) is 11.3 Å². The van der Waals surface area contributed by atoms with Crippen molar-refractivity contribution in [3.63, 3.8) is 0 Å². The Labute approximate surface area is 143 Å². The van der Waals surface area contributed by atoms with E-state index in [1.807, 2.05) is 42.5 Å². The SMILES string of the molecule is C=C1C(=O)OCC1C(/C=C/c1ccccc1)NC(=S)C(C)(C)C. The number of esters is 1. The zero-order valence-electron chi connectivity index (χ0n) is 13.8. The van der Waals surface area contributed by atoms with Crippen molar-refractivity contribution < 1.29 is 9.53 Å². The van der Waals surface area contributed by atoms with Gasteiger partial charge >= 0.3 is 5.97 Å². The van der Waals surface area contributed by atoms with Gasteiger partial charge < -0.3 is 10.1 Å². The quantitative estimate of drug-likeness (QED) is 0.518. The van der Waals surface area contributed by atoms with E-state index in [1.165, 1.54) is 0 Å². The summed E-state index contributed by atoms with van der Waals surface area (Å²) in [5, 5.41) is 3.37. The first-order valence-electron chi connectivity index (χ1n) is 7.69. The van der Waals surface area contributed by atoms with Crippen molar-refractivity contribution in [1.82, 2.24) is 5.32 Å². The minimum absolute atomic E-state index is 0.109. The number of ether oxygens (including phenoxy) is 1. The molecular formula is C19H23NO2S. The van der Waals surface area contributed by atoms with Gasteiger partial charge in [-0.3, -0.25) is 0 Å². The van der Waals surface area contributed by atoms with Crippen LogP contribution in [0, 0.1) is 11.3 Å². The molecule has 0 amide bonds. The maximum Gasteiger partial charge on any atom is 0.333 e. The molecule has 1 aromatic rings. The van der Waals surface area contributed by atoms with Crippen molar-refractivity contribution in [3.05, 3.63) is 54.1 Å². The second kappa shape index (κ2) is 7.09. The first-order chi connectivity index (χ1) is 10.8. The molecular weight excluding hydrogens is 306 g/mol. The lowest BCUT2D eigenvalue weighted by atomic mass is 9.91. The second-order valence-electron chi connectivity index (χ2n) is 6.75. The number of carbonyl (C=O) groups is 1. The molecule has 3 nitrogen and oxygen atoms in total. The fourth-order valence-electron chi connectivity index (χ4n) is 2.26. The molecule has 0 radical (unpaired) electrons. The Bertz CT molecular complexity index is 629. The standard InChI is InChI=1S/C19H23NO2S/c1-13-15(12-22-17(13)21)16(20-18(23)19(2,3)4)11-10-14-8-6-5-7-9-14/h5-11,15-16H,1,12H2,2-4H3,(H,20,23)/b11-10+. The van der Waals surface area contributed by atoms with Crippen LogP contribution in [0.4, 0.5) is 0 Å². The van der Waals surface area contributed by atoms with Gasteiger partial charge in [0.2, 0.25) is 0 Å². The summed E-state index contributed by atoms with van der Waals surface area (Å²) in [4.78, 5) is 12.4. The Hall–Kier alpha value is -1.94. The molecule has 4 heteroatoms. The Morgan fingerprint density at radius 3 is 2.57 bits per heavy atom. The average Bonchev–Trinajstić information content (AvgIpc) is 2.83. The fourth-order valence-corrected chi connectivity index (χ4v) is 2.40. The molecule has 2 rings (SSSR count). The molecule has 1 saturated heterocycles. The molecule has 23 heavy (non-hydrogen) atoms. The third-order valence-corrected chi connectivity index (χ3v) is 4.54. The van der Waals surface area contributed by atoms with Crippen LogP contribution in [0.2, 0.25) is 0 Å². The van der Waals surface area contributed by atoms with Crippen LogP contribution in [-0.4, -0.2) is 23.6 Å². The van der Waals surface area contributed by atoms with E-state index in [1.54, 1.807) is 0 Å². The van der Waals surface area contributed by atoms with Crippen molar-refractivity contribution in [2.75, 3.05) is 6.61 Å². The maximum atomic E-state index is 11.6. The molecule has 0 bridgehead atoms. The van der Waals surface area contributed by atoms with Gasteiger partial charge in [0.05, 0.1) is 11.0 Å². The summed E-state index contributed by atoms with van der Waals surface area (Å²) in [7, 11) is 0. The van der Waals surface area contributed by atoms with Crippen LogP contribution in [0.1, 0.15) is 26.3 Å². The van der Waals surface area contributed by atoms with Gasteiger partial charge in [-0.05, 0) is 5.56 Å². The summed E-state index contributed by atoms with van der Waals surface area (Å²) in [6.45, 7) is 10.4. The van der Waals surface area contributed by atoms with Crippen molar-refractivity contribution in [3.8, 4) is 0 Å². The Balaban J connectivity index is 2.21. The molecule has 0 saturated carbocycles. The van der Waals surface area contributed by atoms with Gasteiger partial charge in [-0.15, -0.1) is 0 Å². The van der Waals surface area contributed by atoms with Crippen LogP contribution in [-0.2, 0) is 9.53 Å². The van der Waals surface area contributed by atoms with E-state index in [-0.39, 0.29) is 23.3 Å². The lowest BCUT2D eigenvalue weighted by molar-refractivity contribution is -0.135. The highest BCUT2D eigenvalue weighted by Crippen LogP contribution is 2.26. The lowest BCUT2D eigenvalue weighted by Crippen LogP contribution is -2.44. The van der Waals surface area contributed by atoms with Gasteiger partial charge in [-0.2, -0.15) is 0 Å². The summed E-state index contributed by atoms with van der Waals surface area (Å²) in [6.07, 6.45) is 4.06. The second-order valence-corrected chi connectivity index (χ2v) is 7.16. The number of thiocarbonyl (C=S) groups is 1. The van der Waals surface area contributed by atoms with Gasteiger partial charge in [-0.1, -0.05) is 82.1 Å². The van der Waals surface area contributed by atoms with Crippen molar-refractivity contribution >= 4 is 29.3 Å². The Morgan fingerprint density at radius 1 is 1.39 bits per heavy atom. The summed E-state index contributed by atoms with van der Waals surface area (Å²) < 4.78 is 5.12. The largest absolute Gasteiger partial charge is 0.462 e. The van der Waals surface area contributed by atoms with Gasteiger partial charge in [0.25, 0.3) is 0 Å². The summed E-state index contributed by atoms with van der Waals surface area (Å²) in [6, 6.07) is 9.89. The molecule has 2 atom stereocenters. The number of cyclic esters (lactones) is 1. The number of carbonyl (C=O) groups excluding carboxylic acids is 1. The van der Waals surface area contributed by atoms with Crippen LogP contribution < -0.4 is 5.32 Å². The van der Waals surface area contributed by atoms with Crippen LogP contribution in [0.25, 0.3) is 6.08 Å². The van der Waals surface area contributed by atoms with Crippen LogP contribution in [0.5, 0.6) is 0 Å². The summed E-state index contributed by atoms with van der Waals surface area (Å²) >= 11 is 5.50. The minimum Gasteiger partial charge on any atom is -0.462 e. The zero-order chi connectivity index (χ0) is 17.0. The predicted molar refractivity (Wildman–Crippen MR) is 98.0 cm³/mol. The Kier molecular flexibility index (Phi) is 5.37. The molecule has 0 spiro atoms. The monoisotopic (exact) mass is 329 g/mol. The molecule has 122 valence electrons. The first kappa shape index (κ1) is 17.4. The molecule has 2 unspecified atom stereocenters. The number of hydrogen-bond acceptors (Lipinski definition) is 3. The molecule has 0 aliphatic carbocycles. The van der Waals surface area contributed by atoms with E-state index in [0.29, 0.717) is 12.2 Å². The maximum absolute atomic E-state index is 11.6. The molecule has 1 aliphatic heterocycles. The average molecular weight is 329 g/mol. The number of nitrogens with one attached hydrogen (secondary N) is 1. The third kappa shape index (κ3) is 4.52. The molecule has 1 fully saturated rings. The first-order valence-corrected chi connectivity index (χ1v) is 8.10. The highest BCUT2D eigenvalue weighted by Gasteiger charge is 2.35. The molecule has 1 aliphatic rings. The van der Waals surface area contributed by atoms with Crippen molar-refractivity contribution in [1.29, 1.82) is 0 Å². The van der Waals surface area contributed by atoms with E-state index in [9.17, 15) is 4.79 Å². The molecule has 1 aromatic carbocycles. The third-order valence-electron chi connectivity index (χ3n) is 3.81. The van der Waals surface area contributed by atoms with Gasteiger partial charge in [0.1, 0.15) is 6.61 Å². The van der Waals surface area contributed by atoms with Crippen LogP contribution in [0.15, 0.2) is 48.6 Å². The highest BCUT2D eigenvalue weighted by atomic mass is 32.1. The smallest absolute Gasteiger partial charge is 0.333 e. The zero-order valence-corrected chi connectivity index (χ0v) is 14.7. The summed E-state index contributed by atoms with van der Waals surface area (Å²) in [5.41, 5.74) is 1.45. The van der Waals surface area contributed by atoms with E-state index in [4.69, 9.17) is 17.0 Å².